The van der Waals surface area contributed by atoms with Gasteiger partial charge in [-0.15, -0.1) is 0 Å². The van der Waals surface area contributed by atoms with Gasteiger partial charge in [0.05, 0.1) is 71.3 Å². The smallest absolute Gasteiger partial charge is 0.127 e. The molecule has 0 amide bonds. The molecule has 0 unspecified atom stereocenters. The molecule has 0 spiro atoms. The van der Waals surface area contributed by atoms with Crippen molar-refractivity contribution in [3.8, 4) is 113 Å². The second-order valence-corrected chi connectivity index (χ2v) is 22.2. The van der Waals surface area contributed by atoms with Crippen LogP contribution in [0, 0.1) is 0 Å². The van der Waals surface area contributed by atoms with Gasteiger partial charge in [-0.1, -0.05) is 170 Å². The molecule has 0 radical (unpaired) electrons. The minimum atomic E-state index is 0.0664. The molecule has 3 aliphatic rings. The maximum atomic E-state index is 9.89. The Hall–Kier alpha value is -9.56. The highest BCUT2D eigenvalue weighted by Gasteiger charge is 2.32. The molecule has 0 saturated carbocycles. The molecule has 10 aromatic rings. The molecule has 8 aromatic carbocycles. The maximum absolute atomic E-state index is 9.89. The van der Waals surface area contributed by atoms with Gasteiger partial charge in [0, 0.05) is 115 Å². The highest BCUT2D eigenvalue weighted by atomic mass is 16.5. The first-order chi connectivity index (χ1) is 43.6. The van der Waals surface area contributed by atoms with Crippen LogP contribution in [-0.2, 0) is 0 Å². The first-order valence-electron chi connectivity index (χ1n) is 30.7. The number of ether oxygens (including phenoxy) is 4. The van der Waals surface area contributed by atoms with E-state index in [4.69, 9.17) is 28.9 Å². The predicted octanol–water partition coefficient (Wildman–Crippen LogP) is 16.6. The number of hydrogen-bond donors (Lipinski definition) is 6. The molecule has 4 heterocycles. The summed E-state index contributed by atoms with van der Waals surface area (Å²) in [6, 6.07) is 66.6. The lowest BCUT2D eigenvalue weighted by Gasteiger charge is -2.14. The van der Waals surface area contributed by atoms with E-state index in [0.29, 0.717) is 101 Å². The van der Waals surface area contributed by atoms with Crippen molar-refractivity contribution in [1.29, 1.82) is 0 Å². The summed E-state index contributed by atoms with van der Waals surface area (Å²) in [6.07, 6.45) is 5.05. The number of benzene rings is 8. The summed E-state index contributed by atoms with van der Waals surface area (Å²) in [5.41, 5.74) is 16.4. The van der Waals surface area contributed by atoms with Crippen LogP contribution in [0.2, 0.25) is 0 Å². The number of H-pyrrole nitrogens is 2. The fraction of sp³-hybridized carbons (Fsp3) is 0.211. The number of aromatic nitrogens is 4. The first kappa shape index (κ1) is 57.5. The van der Waals surface area contributed by atoms with Crippen LogP contribution in [0.4, 0.5) is 0 Å². The summed E-state index contributed by atoms with van der Waals surface area (Å²) in [4.78, 5) is 20.5. The number of aliphatic hydroxyl groups excluding tert-OH is 4. The molecule has 88 heavy (non-hydrogen) atoms. The Morgan fingerprint density at radius 3 is 0.682 bits per heavy atom. The Morgan fingerprint density at radius 1 is 0.250 bits per heavy atom. The van der Waals surface area contributed by atoms with Crippen molar-refractivity contribution in [2.75, 3.05) is 52.9 Å². The van der Waals surface area contributed by atoms with Gasteiger partial charge in [0.25, 0.3) is 0 Å². The summed E-state index contributed by atoms with van der Waals surface area (Å²) < 4.78 is 27.2. The number of nitrogens with one attached hydrogen (secondary N) is 2. The average Bonchev–Trinajstić information content (AvgIpc) is 1.85. The van der Waals surface area contributed by atoms with Gasteiger partial charge in [0.2, 0.25) is 0 Å². The zero-order chi connectivity index (χ0) is 59.8. The zero-order valence-corrected chi connectivity index (χ0v) is 49.1. The van der Waals surface area contributed by atoms with Crippen LogP contribution in [0.5, 0.6) is 23.0 Å². The lowest BCUT2D eigenvalue weighted by Crippen LogP contribution is -2.01. The Labute approximate surface area is 511 Å². The van der Waals surface area contributed by atoms with Crippen molar-refractivity contribution in [2.45, 2.75) is 51.4 Å². The van der Waals surface area contributed by atoms with Crippen molar-refractivity contribution in [2.24, 2.45) is 0 Å². The predicted molar refractivity (Wildman–Crippen MR) is 354 cm³/mol. The van der Waals surface area contributed by atoms with Gasteiger partial charge < -0.3 is 49.3 Å². The molecular weight excluding hydrogens is 1100 g/mol. The maximum Gasteiger partial charge on any atom is 0.127 e. The van der Waals surface area contributed by atoms with Gasteiger partial charge in [-0.3, -0.25) is 0 Å². The molecule has 8 bridgehead atoms. The third-order valence-electron chi connectivity index (χ3n) is 16.6. The van der Waals surface area contributed by atoms with Crippen molar-refractivity contribution >= 4 is 43.6 Å². The molecule has 0 atom stereocenters. The monoisotopic (exact) mass is 1170 g/mol. The SMILES string of the molecule is OCCCCOc1ccccc1-c1c2nc(c(-c3ccccc3OCCCCO)c3[nH]c(c(-c4ccccc4OCCCCO)c4nc(c(-c5ccccc5OCCCCO)c5[nH]c1c1ccccc51)-c1ccccc1-4)c1ccccc31)-c1ccccc1-2. The largest absolute Gasteiger partial charge is 0.493 e. The third kappa shape index (κ3) is 11.0. The summed E-state index contributed by atoms with van der Waals surface area (Å²) in [5, 5.41) is 43.3. The van der Waals surface area contributed by atoms with Gasteiger partial charge in [-0.2, -0.15) is 0 Å². The Kier molecular flexibility index (Phi) is 17.4. The van der Waals surface area contributed by atoms with E-state index in [1.165, 1.54) is 0 Å². The number of unbranched alkanes of at least 4 members (excludes halogenated alkanes) is 4. The summed E-state index contributed by atoms with van der Waals surface area (Å²) >= 11 is 0. The number of para-hydroxylation sites is 4. The van der Waals surface area contributed by atoms with Gasteiger partial charge >= 0.3 is 0 Å². The van der Waals surface area contributed by atoms with Crippen LogP contribution >= 0.6 is 0 Å². The van der Waals surface area contributed by atoms with Crippen molar-refractivity contribution < 1.29 is 39.4 Å². The van der Waals surface area contributed by atoms with Gasteiger partial charge in [0.15, 0.2) is 0 Å². The fourth-order valence-electron chi connectivity index (χ4n) is 12.5. The summed E-state index contributed by atoms with van der Waals surface area (Å²) in [5.74, 6) is 2.68. The van der Waals surface area contributed by atoms with Crippen molar-refractivity contribution in [3.63, 3.8) is 0 Å². The Morgan fingerprint density at radius 2 is 0.455 bits per heavy atom. The number of aliphatic hydroxyl groups is 4. The van der Waals surface area contributed by atoms with Crippen LogP contribution in [0.15, 0.2) is 194 Å². The second kappa shape index (κ2) is 26.6. The van der Waals surface area contributed by atoms with Crippen LogP contribution in [-0.4, -0.2) is 93.2 Å². The molecule has 6 N–H and O–H groups in total. The number of rotatable bonds is 24. The minimum Gasteiger partial charge on any atom is -0.493 e. The number of nitrogens with zero attached hydrogens (tertiary/aromatic N) is 2. The topological polar surface area (TPSA) is 175 Å². The second-order valence-electron chi connectivity index (χ2n) is 22.2. The quantitative estimate of drug-likeness (QED) is 0.0320. The normalized spacial score (nSPS) is 11.7. The fourth-order valence-corrected chi connectivity index (χ4v) is 12.5. The van der Waals surface area contributed by atoms with E-state index in [1.54, 1.807) is 0 Å². The molecule has 1 aliphatic carbocycles. The van der Waals surface area contributed by atoms with E-state index in [0.717, 1.165) is 133 Å². The highest BCUT2D eigenvalue weighted by Crippen LogP contribution is 2.54. The lowest BCUT2D eigenvalue weighted by molar-refractivity contribution is 0.253. The number of hydrogen-bond acceptors (Lipinski definition) is 10. The van der Waals surface area contributed by atoms with Crippen LogP contribution in [0.3, 0.4) is 0 Å². The third-order valence-corrected chi connectivity index (χ3v) is 16.6. The molecular formula is C76H70N4O8. The molecule has 2 aliphatic heterocycles. The van der Waals surface area contributed by atoms with Crippen LogP contribution in [0.25, 0.3) is 133 Å². The molecule has 0 saturated heterocycles. The number of aromatic amines is 2. The molecule has 13 rings (SSSR count). The van der Waals surface area contributed by atoms with Crippen LogP contribution < -0.4 is 18.9 Å². The van der Waals surface area contributed by atoms with E-state index >= 15 is 0 Å². The molecule has 12 heteroatoms. The van der Waals surface area contributed by atoms with E-state index in [2.05, 4.69) is 131 Å². The van der Waals surface area contributed by atoms with Crippen molar-refractivity contribution in [1.82, 2.24) is 19.9 Å². The van der Waals surface area contributed by atoms with E-state index in [-0.39, 0.29) is 26.4 Å². The molecule has 0 fully saturated rings. The first-order valence-corrected chi connectivity index (χ1v) is 30.7. The minimum absolute atomic E-state index is 0.0664. The average molecular weight is 1170 g/mol. The Bertz CT molecular complexity index is 3950. The van der Waals surface area contributed by atoms with E-state index < -0.39 is 0 Å². The molecule has 2 aromatic heterocycles. The molecule has 12 nitrogen and oxygen atoms in total. The lowest BCUT2D eigenvalue weighted by atomic mass is 9.93. The van der Waals surface area contributed by atoms with Gasteiger partial charge in [-0.25, -0.2) is 9.97 Å². The van der Waals surface area contributed by atoms with E-state index in [1.807, 2.05) is 72.8 Å². The standard InChI is InChI=1S/C76H70N4O8/c81-41-17-21-45-85-61-37-13-9-33-57(61)65-69-49-25-1-2-26-50(49)70(77-69)66(58-34-10-14-38-62(58)86-46-22-18-42-82)72-53-29-5-6-30-54(53)74(79-72)68(60-36-12-16-40-64(60)88-48-24-20-44-84)76-56-32-8-7-31-55(56)75(80-76)67(73-52-28-4-3-27-51(52)71(65)78-73)59-35-11-15-39-63(59)87-47-23-19-43-83/h1-16,25-40,77,80-84H,17-24,41-48H2. The van der Waals surface area contributed by atoms with E-state index in [9.17, 15) is 20.4 Å². The molecule has 442 valence electrons. The highest BCUT2D eigenvalue weighted by molar-refractivity contribution is 6.22. The van der Waals surface area contributed by atoms with Crippen LogP contribution in [0.1, 0.15) is 51.4 Å². The van der Waals surface area contributed by atoms with Crippen molar-refractivity contribution in [3.05, 3.63) is 194 Å². The van der Waals surface area contributed by atoms with Gasteiger partial charge in [-0.05, 0) is 75.6 Å². The van der Waals surface area contributed by atoms with Gasteiger partial charge in [0.1, 0.15) is 23.0 Å². The summed E-state index contributed by atoms with van der Waals surface area (Å²) in [7, 11) is 0. The zero-order valence-electron chi connectivity index (χ0n) is 49.1. The summed E-state index contributed by atoms with van der Waals surface area (Å²) in [6.45, 7) is 1.83. The Balaban J connectivity index is 1.30.